The Labute approximate surface area is 163 Å². The third-order valence-electron chi connectivity index (χ3n) is 6.10. The van der Waals surface area contributed by atoms with Gasteiger partial charge in [0.1, 0.15) is 5.75 Å². The largest absolute Gasteiger partial charge is 0.497 e. The number of ether oxygens (including phenoxy) is 2. The number of rotatable bonds is 7. The smallest absolute Gasteiger partial charge is 0.220 e. The summed E-state index contributed by atoms with van der Waals surface area (Å²) >= 11 is 0. The van der Waals surface area contributed by atoms with Gasteiger partial charge >= 0.3 is 0 Å². The Morgan fingerprint density at radius 2 is 1.96 bits per heavy atom. The Hall–Kier alpha value is -1.59. The summed E-state index contributed by atoms with van der Waals surface area (Å²) in [7, 11) is 1.66. The predicted molar refractivity (Wildman–Crippen MR) is 107 cm³/mol. The number of piperidine rings is 1. The van der Waals surface area contributed by atoms with Gasteiger partial charge in [-0.2, -0.15) is 0 Å². The zero-order valence-corrected chi connectivity index (χ0v) is 17.0. The second-order valence-electron chi connectivity index (χ2n) is 8.24. The minimum absolute atomic E-state index is 0.0594. The van der Waals surface area contributed by atoms with E-state index in [2.05, 4.69) is 24.1 Å². The number of hydrogen-bond donors (Lipinski definition) is 1. The second-order valence-corrected chi connectivity index (χ2v) is 8.24. The van der Waals surface area contributed by atoms with Crippen molar-refractivity contribution in [1.82, 2.24) is 10.2 Å². The Morgan fingerprint density at radius 1 is 1.26 bits per heavy atom. The Morgan fingerprint density at radius 3 is 2.59 bits per heavy atom. The highest BCUT2D eigenvalue weighted by atomic mass is 16.5. The zero-order chi connectivity index (χ0) is 19.3. The lowest BCUT2D eigenvalue weighted by Gasteiger charge is -2.40. The molecule has 2 aliphatic rings. The lowest BCUT2D eigenvalue weighted by atomic mass is 9.88. The van der Waals surface area contributed by atoms with Gasteiger partial charge in [-0.05, 0) is 63.6 Å². The van der Waals surface area contributed by atoms with Gasteiger partial charge < -0.3 is 19.7 Å². The first-order chi connectivity index (χ1) is 13.0. The summed E-state index contributed by atoms with van der Waals surface area (Å²) in [6, 6.07) is 8.51. The molecule has 0 aromatic heterocycles. The highest BCUT2D eigenvalue weighted by Crippen LogP contribution is 2.39. The van der Waals surface area contributed by atoms with Crippen molar-refractivity contribution in [2.45, 2.75) is 70.1 Å². The Bertz CT molecular complexity index is 606. The molecule has 0 saturated carbocycles. The molecule has 150 valence electrons. The van der Waals surface area contributed by atoms with Crippen LogP contribution in [-0.4, -0.2) is 55.3 Å². The predicted octanol–water partition coefficient (Wildman–Crippen LogP) is 3.17. The molecule has 2 fully saturated rings. The number of amides is 1. The number of likely N-dealkylation sites (tertiary alicyclic amines) is 1. The Kier molecular flexibility index (Phi) is 6.77. The zero-order valence-electron chi connectivity index (χ0n) is 17.0. The number of aryl methyl sites for hydroxylation is 1. The van der Waals surface area contributed by atoms with Gasteiger partial charge in [-0.25, -0.2) is 0 Å². The molecule has 3 rings (SSSR count). The first-order valence-electron chi connectivity index (χ1n) is 10.3. The Balaban J connectivity index is 1.36. The van der Waals surface area contributed by atoms with E-state index in [1.165, 1.54) is 0 Å². The average molecular weight is 375 g/mol. The summed E-state index contributed by atoms with van der Waals surface area (Å²) in [5.74, 6) is 0.944. The minimum Gasteiger partial charge on any atom is -0.497 e. The van der Waals surface area contributed by atoms with Gasteiger partial charge in [0.25, 0.3) is 0 Å². The number of nitrogens with one attached hydrogen (secondary N) is 1. The van der Waals surface area contributed by atoms with Crippen LogP contribution in [0.25, 0.3) is 0 Å². The lowest BCUT2D eigenvalue weighted by Crippen LogP contribution is -2.47. The fourth-order valence-corrected chi connectivity index (χ4v) is 4.22. The van der Waals surface area contributed by atoms with Crippen LogP contribution >= 0.6 is 0 Å². The van der Waals surface area contributed by atoms with Gasteiger partial charge in [-0.3, -0.25) is 4.79 Å². The van der Waals surface area contributed by atoms with Crippen LogP contribution in [0, 0.1) is 0 Å². The van der Waals surface area contributed by atoms with E-state index in [9.17, 15) is 4.79 Å². The summed E-state index contributed by atoms with van der Waals surface area (Å²) < 4.78 is 11.6. The fourth-order valence-electron chi connectivity index (χ4n) is 4.22. The molecule has 5 heteroatoms. The van der Waals surface area contributed by atoms with Crippen molar-refractivity contribution in [3.8, 4) is 5.75 Å². The fraction of sp³-hybridized carbons (Fsp3) is 0.682. The molecule has 0 aliphatic carbocycles. The van der Waals surface area contributed by atoms with Crippen molar-refractivity contribution in [3.05, 3.63) is 29.8 Å². The van der Waals surface area contributed by atoms with E-state index in [4.69, 9.17) is 9.47 Å². The monoisotopic (exact) mass is 374 g/mol. The molecule has 1 atom stereocenters. The summed E-state index contributed by atoms with van der Waals surface area (Å²) in [5, 5.41) is 3.07. The standard InChI is InChI=1S/C22H34N2O3/c1-17(2)24-14-12-22(13-15-24)11-10-20(27-22)16-23-21(25)9-6-18-4-7-19(26-3)8-5-18/h4-5,7-8,17,20H,6,9-16H2,1-3H3,(H,23,25). The third-order valence-corrected chi connectivity index (χ3v) is 6.10. The van der Waals surface area contributed by atoms with Crippen LogP contribution in [0.15, 0.2) is 24.3 Å². The molecule has 1 aromatic carbocycles. The molecule has 1 aromatic rings. The molecule has 2 heterocycles. The lowest BCUT2D eigenvalue weighted by molar-refractivity contribution is -0.122. The van der Waals surface area contributed by atoms with Crippen molar-refractivity contribution < 1.29 is 14.3 Å². The normalized spacial score (nSPS) is 22.3. The molecule has 0 bridgehead atoms. The summed E-state index contributed by atoms with van der Waals surface area (Å²) in [5.41, 5.74) is 1.21. The molecular formula is C22H34N2O3. The van der Waals surface area contributed by atoms with Crippen LogP contribution in [-0.2, 0) is 16.0 Å². The van der Waals surface area contributed by atoms with E-state index in [1.54, 1.807) is 7.11 Å². The minimum atomic E-state index is 0.0594. The number of hydrogen-bond acceptors (Lipinski definition) is 4. The van der Waals surface area contributed by atoms with Gasteiger partial charge in [0, 0.05) is 32.1 Å². The second kappa shape index (κ2) is 9.07. The number of nitrogens with zero attached hydrogens (tertiary/aromatic N) is 1. The van der Waals surface area contributed by atoms with Gasteiger partial charge in [0.2, 0.25) is 5.91 Å². The molecule has 2 saturated heterocycles. The first-order valence-corrected chi connectivity index (χ1v) is 10.3. The van der Waals surface area contributed by atoms with Gasteiger partial charge in [0.05, 0.1) is 18.8 Å². The SMILES string of the molecule is COc1ccc(CCC(=O)NCC2CCC3(CCN(C(C)C)CC3)O2)cc1. The van der Waals surface area contributed by atoms with E-state index in [-0.39, 0.29) is 17.6 Å². The van der Waals surface area contributed by atoms with Crippen LogP contribution in [0.1, 0.15) is 51.5 Å². The third kappa shape index (κ3) is 5.45. The van der Waals surface area contributed by atoms with E-state index in [0.29, 0.717) is 19.0 Å². The highest BCUT2D eigenvalue weighted by molar-refractivity contribution is 5.76. The maximum Gasteiger partial charge on any atom is 0.220 e. The first kappa shape index (κ1) is 20.2. The van der Waals surface area contributed by atoms with Crippen molar-refractivity contribution >= 4 is 5.91 Å². The van der Waals surface area contributed by atoms with Crippen LogP contribution in [0.4, 0.5) is 0 Å². The van der Waals surface area contributed by atoms with E-state index >= 15 is 0 Å². The van der Waals surface area contributed by atoms with Crippen LogP contribution in [0.3, 0.4) is 0 Å². The number of benzene rings is 1. The summed E-state index contributed by atoms with van der Waals surface area (Å²) in [4.78, 5) is 14.7. The molecular weight excluding hydrogens is 340 g/mol. The molecule has 1 unspecified atom stereocenters. The number of methoxy groups -OCH3 is 1. The topological polar surface area (TPSA) is 50.8 Å². The molecule has 5 nitrogen and oxygen atoms in total. The van der Waals surface area contributed by atoms with E-state index in [1.807, 2.05) is 24.3 Å². The van der Waals surface area contributed by atoms with E-state index in [0.717, 1.165) is 56.5 Å². The average Bonchev–Trinajstić information content (AvgIpc) is 3.08. The van der Waals surface area contributed by atoms with Gasteiger partial charge in [-0.1, -0.05) is 12.1 Å². The van der Waals surface area contributed by atoms with Crippen LogP contribution in [0.5, 0.6) is 5.75 Å². The number of carbonyl (C=O) groups is 1. The molecule has 1 N–H and O–H groups in total. The van der Waals surface area contributed by atoms with E-state index < -0.39 is 0 Å². The van der Waals surface area contributed by atoms with Crippen LogP contribution < -0.4 is 10.1 Å². The van der Waals surface area contributed by atoms with Crippen molar-refractivity contribution in [2.75, 3.05) is 26.7 Å². The van der Waals surface area contributed by atoms with Gasteiger partial charge in [-0.15, -0.1) is 0 Å². The summed E-state index contributed by atoms with van der Waals surface area (Å²) in [6.07, 6.45) is 5.84. The van der Waals surface area contributed by atoms with Crippen LogP contribution in [0.2, 0.25) is 0 Å². The molecule has 1 amide bonds. The van der Waals surface area contributed by atoms with Gasteiger partial charge in [0.15, 0.2) is 0 Å². The van der Waals surface area contributed by atoms with Crippen molar-refractivity contribution in [1.29, 1.82) is 0 Å². The molecule has 1 spiro atoms. The van der Waals surface area contributed by atoms with Crippen molar-refractivity contribution in [3.63, 3.8) is 0 Å². The molecule has 2 aliphatic heterocycles. The molecule has 0 radical (unpaired) electrons. The number of carbonyl (C=O) groups excluding carboxylic acids is 1. The summed E-state index contributed by atoms with van der Waals surface area (Å²) in [6.45, 7) is 7.41. The molecule has 27 heavy (non-hydrogen) atoms. The maximum atomic E-state index is 12.2. The quantitative estimate of drug-likeness (QED) is 0.796. The highest BCUT2D eigenvalue weighted by Gasteiger charge is 2.42. The maximum absolute atomic E-state index is 12.2. The van der Waals surface area contributed by atoms with Crippen molar-refractivity contribution in [2.24, 2.45) is 0 Å².